The molecule has 7 nitrogen and oxygen atoms in total. The van der Waals surface area contributed by atoms with Crippen molar-refractivity contribution in [1.29, 1.82) is 0 Å². The molecule has 132 valence electrons. The van der Waals surface area contributed by atoms with Gasteiger partial charge in [0.05, 0.1) is 21.0 Å². The first-order valence-electron chi connectivity index (χ1n) is 7.04. The van der Waals surface area contributed by atoms with Gasteiger partial charge in [0.2, 0.25) is 0 Å². The van der Waals surface area contributed by atoms with E-state index in [1.165, 1.54) is 41.8 Å². The maximum absolute atomic E-state index is 12.2. The van der Waals surface area contributed by atoms with E-state index in [1.54, 1.807) is 12.1 Å². The Morgan fingerprint density at radius 3 is 2.77 bits per heavy atom. The summed E-state index contributed by atoms with van der Waals surface area (Å²) in [5.74, 6) is -0.694. The van der Waals surface area contributed by atoms with E-state index in [2.05, 4.69) is 10.5 Å². The second-order valence-electron chi connectivity index (χ2n) is 5.11. The topological polar surface area (TPSA) is 105 Å². The van der Waals surface area contributed by atoms with E-state index in [9.17, 15) is 20.0 Å². The van der Waals surface area contributed by atoms with Crippen LogP contribution in [0.3, 0.4) is 0 Å². The molecule has 0 bridgehead atoms. The Kier molecular flexibility index (Phi) is 5.08. The van der Waals surface area contributed by atoms with E-state index in [0.717, 1.165) is 4.70 Å². The third-order valence-electron chi connectivity index (χ3n) is 3.36. The monoisotopic (exact) mass is 409 g/mol. The zero-order chi connectivity index (χ0) is 18.8. The van der Waals surface area contributed by atoms with E-state index in [1.807, 2.05) is 0 Å². The van der Waals surface area contributed by atoms with Crippen LogP contribution >= 0.6 is 34.5 Å². The predicted octanol–water partition coefficient (Wildman–Crippen LogP) is 4.59. The number of nitro benzene ring substituents is 1. The number of fused-ring (bicyclic) bond motifs is 1. The molecule has 0 spiro atoms. The van der Waals surface area contributed by atoms with Crippen molar-refractivity contribution in [3.05, 3.63) is 67.0 Å². The summed E-state index contributed by atoms with van der Waals surface area (Å²) in [6.45, 7) is 0. The van der Waals surface area contributed by atoms with Crippen molar-refractivity contribution >= 4 is 62.4 Å². The van der Waals surface area contributed by atoms with Crippen LogP contribution in [0.1, 0.15) is 15.2 Å². The molecule has 1 amide bonds. The summed E-state index contributed by atoms with van der Waals surface area (Å²) in [5, 5.41) is 25.4. The molecule has 0 aliphatic carbocycles. The Bertz CT molecular complexity index is 1070. The highest BCUT2D eigenvalue weighted by atomic mass is 35.5. The minimum atomic E-state index is -0.496. The van der Waals surface area contributed by atoms with Crippen LogP contribution in [0.25, 0.3) is 10.1 Å². The van der Waals surface area contributed by atoms with Gasteiger partial charge in [-0.15, -0.1) is 11.3 Å². The fourth-order valence-corrected chi connectivity index (χ4v) is 3.60. The maximum atomic E-state index is 12.2. The van der Waals surface area contributed by atoms with Crippen molar-refractivity contribution in [1.82, 2.24) is 5.43 Å². The number of hydrogen-bond acceptors (Lipinski definition) is 6. The molecule has 0 radical (unpaired) electrons. The lowest BCUT2D eigenvalue weighted by molar-refractivity contribution is -0.384. The average molecular weight is 410 g/mol. The van der Waals surface area contributed by atoms with Crippen LogP contribution in [0.5, 0.6) is 5.75 Å². The van der Waals surface area contributed by atoms with Crippen molar-refractivity contribution < 1.29 is 14.8 Å². The number of carbonyl (C=O) groups is 1. The number of rotatable bonds is 4. The first-order chi connectivity index (χ1) is 12.3. The molecule has 0 aliphatic rings. The fraction of sp³-hybridized carbons (Fsp3) is 0. The Labute approximate surface area is 160 Å². The number of hydrazone groups is 1. The normalized spacial score (nSPS) is 11.2. The number of non-ortho nitro benzene ring substituents is 1. The summed E-state index contributed by atoms with van der Waals surface area (Å²) in [4.78, 5) is 22.8. The average Bonchev–Trinajstić information content (AvgIpc) is 3.02. The van der Waals surface area contributed by atoms with Gasteiger partial charge in [0.1, 0.15) is 5.75 Å². The number of phenolic OH excluding ortho intramolecular Hbond substituents is 1. The van der Waals surface area contributed by atoms with E-state index >= 15 is 0 Å². The molecule has 0 saturated heterocycles. The van der Waals surface area contributed by atoms with Gasteiger partial charge in [-0.05, 0) is 24.3 Å². The van der Waals surface area contributed by atoms with Crippen molar-refractivity contribution in [3.63, 3.8) is 0 Å². The summed E-state index contributed by atoms with van der Waals surface area (Å²) in [7, 11) is 0. The molecule has 0 fully saturated rings. The van der Waals surface area contributed by atoms with Crippen molar-refractivity contribution in [2.24, 2.45) is 5.10 Å². The zero-order valence-corrected chi connectivity index (χ0v) is 15.1. The Morgan fingerprint density at radius 1 is 1.27 bits per heavy atom. The first-order valence-corrected chi connectivity index (χ1v) is 8.62. The van der Waals surface area contributed by atoms with Gasteiger partial charge in [-0.25, -0.2) is 5.43 Å². The molecule has 0 aliphatic heterocycles. The quantitative estimate of drug-likeness (QED) is 0.373. The number of nitrogens with one attached hydrogen (secondary N) is 1. The number of nitro groups is 1. The second kappa shape index (κ2) is 7.28. The molecule has 0 unspecified atom stereocenters. The number of amides is 1. The van der Waals surface area contributed by atoms with Crippen LogP contribution in [-0.2, 0) is 0 Å². The molecular weight excluding hydrogens is 401 g/mol. The SMILES string of the molecule is O=C(NN=Cc1cc(Cl)cc(Cl)c1O)c1cc2cc([N+](=O)[O-])ccc2s1. The standard InChI is InChI=1S/C16H9Cl2N3O4S/c17-10-3-9(15(22)12(18)6-10)7-19-20-16(23)14-5-8-4-11(21(24)25)1-2-13(8)26-14/h1-7,22H,(H,20,23). The number of thiophene rings is 1. The maximum Gasteiger partial charge on any atom is 0.281 e. The van der Waals surface area contributed by atoms with Crippen molar-refractivity contribution in [2.75, 3.05) is 0 Å². The summed E-state index contributed by atoms with van der Waals surface area (Å²) in [6.07, 6.45) is 1.21. The molecule has 1 heterocycles. The highest BCUT2D eigenvalue weighted by Crippen LogP contribution is 2.30. The number of nitrogens with zero attached hydrogens (tertiary/aromatic N) is 2. The Morgan fingerprint density at radius 2 is 2.04 bits per heavy atom. The van der Waals surface area contributed by atoms with Crippen LogP contribution < -0.4 is 5.43 Å². The van der Waals surface area contributed by atoms with E-state index in [4.69, 9.17) is 23.2 Å². The molecule has 0 saturated carbocycles. The smallest absolute Gasteiger partial charge is 0.281 e. The largest absolute Gasteiger partial charge is 0.506 e. The summed E-state index contributed by atoms with van der Waals surface area (Å²) < 4.78 is 0.740. The number of halogens is 2. The van der Waals surface area contributed by atoms with Gasteiger partial charge < -0.3 is 5.11 Å². The van der Waals surface area contributed by atoms with Crippen LogP contribution in [0.15, 0.2) is 41.5 Å². The van der Waals surface area contributed by atoms with Crippen LogP contribution in [0.4, 0.5) is 5.69 Å². The van der Waals surface area contributed by atoms with E-state index < -0.39 is 10.8 Å². The second-order valence-corrected chi connectivity index (χ2v) is 7.04. The zero-order valence-electron chi connectivity index (χ0n) is 12.8. The molecule has 3 aromatic rings. The highest BCUT2D eigenvalue weighted by molar-refractivity contribution is 7.20. The fourth-order valence-electron chi connectivity index (χ4n) is 2.16. The summed E-state index contributed by atoms with van der Waals surface area (Å²) >= 11 is 12.8. The van der Waals surface area contributed by atoms with E-state index in [0.29, 0.717) is 15.3 Å². The lowest BCUT2D eigenvalue weighted by Crippen LogP contribution is -2.16. The van der Waals surface area contributed by atoms with Gasteiger partial charge in [0, 0.05) is 32.8 Å². The molecular formula is C16H9Cl2N3O4S. The van der Waals surface area contributed by atoms with E-state index in [-0.39, 0.29) is 22.0 Å². The van der Waals surface area contributed by atoms with Crippen LogP contribution in [0.2, 0.25) is 10.0 Å². The number of carbonyl (C=O) groups excluding carboxylic acids is 1. The summed E-state index contributed by atoms with van der Waals surface area (Å²) in [6, 6.07) is 8.74. The number of hydrogen-bond donors (Lipinski definition) is 2. The number of benzene rings is 2. The van der Waals surface area contributed by atoms with Gasteiger partial charge in [-0.1, -0.05) is 23.2 Å². The molecule has 10 heteroatoms. The first kappa shape index (κ1) is 18.1. The molecule has 0 atom stereocenters. The third-order valence-corrected chi connectivity index (χ3v) is 4.98. The molecule has 2 N–H and O–H groups in total. The third kappa shape index (κ3) is 3.77. The highest BCUT2D eigenvalue weighted by Gasteiger charge is 2.13. The van der Waals surface area contributed by atoms with Crippen molar-refractivity contribution in [3.8, 4) is 5.75 Å². The van der Waals surface area contributed by atoms with Crippen molar-refractivity contribution in [2.45, 2.75) is 0 Å². The Balaban J connectivity index is 1.78. The summed E-state index contributed by atoms with van der Waals surface area (Å²) in [5.41, 5.74) is 2.52. The van der Waals surface area contributed by atoms with Gasteiger partial charge in [-0.3, -0.25) is 14.9 Å². The van der Waals surface area contributed by atoms with Gasteiger partial charge in [0.25, 0.3) is 11.6 Å². The lowest BCUT2D eigenvalue weighted by Gasteiger charge is -2.02. The molecule has 26 heavy (non-hydrogen) atoms. The Hall–Kier alpha value is -2.68. The van der Waals surface area contributed by atoms with Gasteiger partial charge >= 0.3 is 0 Å². The van der Waals surface area contributed by atoms with Gasteiger partial charge in [0.15, 0.2) is 0 Å². The number of phenols is 1. The van der Waals surface area contributed by atoms with Crippen LogP contribution in [0, 0.1) is 10.1 Å². The van der Waals surface area contributed by atoms with Gasteiger partial charge in [-0.2, -0.15) is 5.10 Å². The molecule has 2 aromatic carbocycles. The minimum absolute atomic E-state index is 0.0476. The molecule has 1 aromatic heterocycles. The predicted molar refractivity (Wildman–Crippen MR) is 102 cm³/mol. The number of aromatic hydroxyl groups is 1. The van der Waals surface area contributed by atoms with Crippen LogP contribution in [-0.4, -0.2) is 22.2 Å². The molecule has 3 rings (SSSR count). The lowest BCUT2D eigenvalue weighted by atomic mass is 10.2. The minimum Gasteiger partial charge on any atom is -0.506 e.